The van der Waals surface area contributed by atoms with Gasteiger partial charge < -0.3 is 45.2 Å². The first-order valence-corrected chi connectivity index (χ1v) is 17.4. The molecule has 0 amide bonds. The zero-order valence-electron chi connectivity index (χ0n) is 28.2. The van der Waals surface area contributed by atoms with Crippen LogP contribution in [0.15, 0.2) is 23.3 Å². The second-order valence-corrected chi connectivity index (χ2v) is 16.9. The van der Waals surface area contributed by atoms with Crippen LogP contribution in [-0.2, 0) is 14.3 Å². The van der Waals surface area contributed by atoms with E-state index in [0.29, 0.717) is 25.2 Å². The first-order valence-electron chi connectivity index (χ1n) is 17.4. The van der Waals surface area contributed by atoms with Crippen LogP contribution < -0.4 is 0 Å². The monoisotopic (exact) mass is 648 g/mol. The van der Waals surface area contributed by atoms with E-state index in [1.807, 2.05) is 6.92 Å². The summed E-state index contributed by atoms with van der Waals surface area (Å²) in [6.07, 6.45) is -0.175. The summed E-state index contributed by atoms with van der Waals surface area (Å²) in [7, 11) is 0. The molecule has 6 aliphatic rings. The standard InChI is InChI=1S/C36H56O10/c1-18-9-12-36(31(44)46-30-28(42)27(41)26(40)22(16-37)45-30)14-13-34(5)20(25(36)19(18)2)7-8-24-32(3)15-21(39)29(43)33(4,17-38)23(32)10-11-35(24,34)6/h7-8,18-19,21-24,26-30,37-43H,9-17H2,1-6H3/t18-,19+,21-,22-,23-,24-,26-,27+,28-,29+,30+,32+,33+,34-,35-,36+/m1/s1. The lowest BCUT2D eigenvalue weighted by Crippen LogP contribution is -2.67. The fourth-order valence-electron chi connectivity index (χ4n) is 11.7. The Morgan fingerprint density at radius 2 is 1.63 bits per heavy atom. The summed E-state index contributed by atoms with van der Waals surface area (Å²) < 4.78 is 11.5. The molecule has 260 valence electrons. The molecule has 4 fully saturated rings. The van der Waals surface area contributed by atoms with Gasteiger partial charge in [0.15, 0.2) is 0 Å². The average molecular weight is 649 g/mol. The van der Waals surface area contributed by atoms with Crippen molar-refractivity contribution in [1.29, 1.82) is 0 Å². The van der Waals surface area contributed by atoms with Gasteiger partial charge in [-0.2, -0.15) is 0 Å². The Morgan fingerprint density at radius 1 is 0.935 bits per heavy atom. The Bertz CT molecular complexity index is 1280. The normalized spacial score (nSPS) is 55.1. The Kier molecular flexibility index (Phi) is 8.50. The maximum Gasteiger partial charge on any atom is 0.318 e. The van der Waals surface area contributed by atoms with Gasteiger partial charge in [-0.25, -0.2) is 0 Å². The molecule has 0 bridgehead atoms. The topological polar surface area (TPSA) is 177 Å². The van der Waals surface area contributed by atoms with Crippen LogP contribution in [0.25, 0.3) is 0 Å². The number of aliphatic hydroxyl groups excluding tert-OH is 7. The highest BCUT2D eigenvalue weighted by Crippen LogP contribution is 2.74. The van der Waals surface area contributed by atoms with Gasteiger partial charge in [-0.3, -0.25) is 4.79 Å². The molecule has 10 nitrogen and oxygen atoms in total. The number of allylic oxidation sites excluding steroid dienone is 3. The van der Waals surface area contributed by atoms with E-state index in [0.717, 1.165) is 36.8 Å². The van der Waals surface area contributed by atoms with Crippen molar-refractivity contribution in [1.82, 2.24) is 0 Å². The van der Waals surface area contributed by atoms with Gasteiger partial charge in [0.1, 0.15) is 24.4 Å². The summed E-state index contributed by atoms with van der Waals surface area (Å²) in [6, 6.07) is 0. The number of ether oxygens (including phenoxy) is 2. The van der Waals surface area contributed by atoms with Crippen LogP contribution in [0.3, 0.4) is 0 Å². The molecule has 1 aliphatic heterocycles. The molecular weight excluding hydrogens is 592 g/mol. The van der Waals surface area contributed by atoms with Gasteiger partial charge in [-0.15, -0.1) is 0 Å². The lowest BCUT2D eigenvalue weighted by atomic mass is 9.35. The van der Waals surface area contributed by atoms with Crippen LogP contribution in [0, 0.1) is 50.7 Å². The Morgan fingerprint density at radius 3 is 2.28 bits per heavy atom. The summed E-state index contributed by atoms with van der Waals surface area (Å²) in [6.45, 7) is 12.4. The van der Waals surface area contributed by atoms with Gasteiger partial charge in [0.2, 0.25) is 6.29 Å². The molecule has 0 unspecified atom stereocenters. The third kappa shape index (κ3) is 4.40. The van der Waals surface area contributed by atoms with Gasteiger partial charge in [0.05, 0.1) is 30.8 Å². The number of hydrogen-bond donors (Lipinski definition) is 7. The van der Waals surface area contributed by atoms with Crippen LogP contribution in [0.2, 0.25) is 0 Å². The molecule has 5 aliphatic carbocycles. The highest BCUT2D eigenvalue weighted by molar-refractivity contribution is 5.82. The summed E-state index contributed by atoms with van der Waals surface area (Å²) >= 11 is 0. The van der Waals surface area contributed by atoms with Crippen LogP contribution in [-0.4, -0.2) is 97.8 Å². The van der Waals surface area contributed by atoms with Crippen molar-refractivity contribution in [2.75, 3.05) is 13.2 Å². The van der Waals surface area contributed by atoms with Gasteiger partial charge in [0, 0.05) is 5.41 Å². The highest BCUT2D eigenvalue weighted by atomic mass is 16.7. The fourth-order valence-corrected chi connectivity index (χ4v) is 11.7. The van der Waals surface area contributed by atoms with Crippen LogP contribution in [0.5, 0.6) is 0 Å². The molecule has 6 rings (SSSR count). The van der Waals surface area contributed by atoms with E-state index < -0.39 is 66.3 Å². The Labute approximate surface area is 272 Å². The minimum Gasteiger partial charge on any atom is -0.432 e. The van der Waals surface area contributed by atoms with Crippen LogP contribution >= 0.6 is 0 Å². The molecule has 0 spiro atoms. The second-order valence-electron chi connectivity index (χ2n) is 16.9. The summed E-state index contributed by atoms with van der Waals surface area (Å²) in [5.41, 5.74) is -0.422. The molecule has 0 aromatic carbocycles. The van der Waals surface area contributed by atoms with Gasteiger partial charge in [-0.05, 0) is 96.0 Å². The van der Waals surface area contributed by atoms with Crippen molar-refractivity contribution < 1.29 is 50.0 Å². The van der Waals surface area contributed by atoms with Crippen molar-refractivity contribution in [2.45, 2.75) is 129 Å². The number of carbonyl (C=O) groups excluding carboxylic acids is 1. The van der Waals surface area contributed by atoms with E-state index in [1.54, 1.807) is 0 Å². The largest absolute Gasteiger partial charge is 0.432 e. The third-order valence-corrected chi connectivity index (χ3v) is 14.9. The molecule has 16 atom stereocenters. The number of carbonyl (C=O) groups is 1. The third-order valence-electron chi connectivity index (χ3n) is 14.9. The molecule has 7 N–H and O–H groups in total. The molecule has 1 saturated heterocycles. The minimum absolute atomic E-state index is 0.0220. The smallest absolute Gasteiger partial charge is 0.318 e. The van der Waals surface area contributed by atoms with E-state index in [-0.39, 0.29) is 40.6 Å². The predicted octanol–water partition coefficient (Wildman–Crippen LogP) is 2.21. The summed E-state index contributed by atoms with van der Waals surface area (Å²) in [4.78, 5) is 14.4. The van der Waals surface area contributed by atoms with Crippen molar-refractivity contribution in [2.24, 2.45) is 50.7 Å². The molecule has 10 heteroatoms. The molecule has 0 aromatic rings. The summed E-state index contributed by atoms with van der Waals surface area (Å²) in [5, 5.41) is 73.7. The van der Waals surface area contributed by atoms with Gasteiger partial charge >= 0.3 is 5.97 Å². The zero-order chi connectivity index (χ0) is 33.8. The van der Waals surface area contributed by atoms with Gasteiger partial charge in [-0.1, -0.05) is 53.7 Å². The van der Waals surface area contributed by atoms with Crippen LogP contribution in [0.4, 0.5) is 0 Å². The first kappa shape index (κ1) is 34.5. The fraction of sp³-hybridized carbons (Fsp3) is 0.861. The number of rotatable bonds is 4. The molecule has 0 aromatic heterocycles. The predicted molar refractivity (Wildman–Crippen MR) is 168 cm³/mol. The van der Waals surface area contributed by atoms with E-state index >= 15 is 0 Å². The second kappa shape index (κ2) is 11.3. The van der Waals surface area contributed by atoms with E-state index in [2.05, 4.69) is 46.8 Å². The molecular formula is C36H56O10. The molecule has 1 heterocycles. The molecule has 46 heavy (non-hydrogen) atoms. The zero-order valence-corrected chi connectivity index (χ0v) is 28.2. The number of aliphatic hydroxyl groups is 7. The lowest BCUT2D eigenvalue weighted by Gasteiger charge is -2.70. The quantitative estimate of drug-likeness (QED) is 0.224. The van der Waals surface area contributed by atoms with Crippen molar-refractivity contribution in [3.05, 3.63) is 23.3 Å². The minimum atomic E-state index is -1.66. The first-order chi connectivity index (χ1) is 21.5. The Hall–Kier alpha value is -1.37. The number of fused-ring (bicyclic) bond motifs is 6. The van der Waals surface area contributed by atoms with E-state index in [4.69, 9.17) is 9.47 Å². The van der Waals surface area contributed by atoms with Crippen molar-refractivity contribution >= 4 is 5.97 Å². The number of hydrogen-bond acceptors (Lipinski definition) is 10. The molecule has 3 saturated carbocycles. The SMILES string of the molecule is C[C@@H]1CC[C@]2(C(=O)O[C@@H]3O[C@H](CO)[C@@H](O)[C@H](O)[C@H]3O)CC[C@]3(C)C(=C2[C@H]1C)C=C[C@@H]1[C@@]2(C)C[C@@H](O)[C@H](O)[C@@](C)(CO)[C@@H]2CC[C@]13C. The Balaban J connectivity index is 1.43. The van der Waals surface area contributed by atoms with Crippen molar-refractivity contribution in [3.63, 3.8) is 0 Å². The lowest BCUT2D eigenvalue weighted by molar-refractivity contribution is -0.295. The van der Waals surface area contributed by atoms with E-state index in [9.17, 15) is 40.5 Å². The highest BCUT2D eigenvalue weighted by Gasteiger charge is 2.69. The van der Waals surface area contributed by atoms with E-state index in [1.165, 1.54) is 0 Å². The maximum absolute atomic E-state index is 14.4. The summed E-state index contributed by atoms with van der Waals surface area (Å²) in [5.74, 6) is -0.0171. The number of esters is 1. The molecule has 0 radical (unpaired) electrons. The average Bonchev–Trinajstić information content (AvgIpc) is 3.02. The van der Waals surface area contributed by atoms with Crippen LogP contribution in [0.1, 0.15) is 86.5 Å². The van der Waals surface area contributed by atoms with Crippen molar-refractivity contribution in [3.8, 4) is 0 Å². The maximum atomic E-state index is 14.4. The van der Waals surface area contributed by atoms with Gasteiger partial charge in [0.25, 0.3) is 0 Å².